The Bertz CT molecular complexity index is 561. The van der Waals surface area contributed by atoms with Crippen molar-refractivity contribution < 1.29 is 14.7 Å². The highest BCUT2D eigenvalue weighted by molar-refractivity contribution is 5.96. The van der Waals surface area contributed by atoms with Gasteiger partial charge in [0.25, 0.3) is 0 Å². The van der Waals surface area contributed by atoms with Crippen molar-refractivity contribution >= 4 is 17.5 Å². The van der Waals surface area contributed by atoms with Gasteiger partial charge >= 0.3 is 6.03 Å². The fourth-order valence-corrected chi connectivity index (χ4v) is 2.92. The van der Waals surface area contributed by atoms with Crippen molar-refractivity contribution in [3.05, 3.63) is 29.3 Å². The Morgan fingerprint density at radius 3 is 2.45 bits per heavy atom. The van der Waals surface area contributed by atoms with Gasteiger partial charge in [-0.25, -0.2) is 4.79 Å². The molecule has 0 spiro atoms. The van der Waals surface area contributed by atoms with E-state index in [1.165, 1.54) is 6.92 Å². The van der Waals surface area contributed by atoms with Crippen LogP contribution >= 0.6 is 0 Å². The molecule has 0 aromatic heterocycles. The van der Waals surface area contributed by atoms with Gasteiger partial charge in [-0.1, -0.05) is 0 Å². The van der Waals surface area contributed by atoms with E-state index >= 15 is 0 Å². The molecule has 2 rings (SSSR count). The predicted octanol–water partition coefficient (Wildman–Crippen LogP) is 2.82. The Balaban J connectivity index is 1.95. The Labute approximate surface area is 131 Å². The molecule has 5 heteroatoms. The van der Waals surface area contributed by atoms with Gasteiger partial charge in [0.1, 0.15) is 0 Å². The van der Waals surface area contributed by atoms with Gasteiger partial charge in [0.2, 0.25) is 0 Å². The third-order valence-corrected chi connectivity index (χ3v) is 4.37. The molecule has 0 saturated carbocycles. The van der Waals surface area contributed by atoms with Crippen LogP contribution in [0.25, 0.3) is 0 Å². The Kier molecular flexibility index (Phi) is 5.19. The summed E-state index contributed by atoms with van der Waals surface area (Å²) in [5.41, 5.74) is 2.24. The first-order chi connectivity index (χ1) is 10.4. The third-order valence-electron chi connectivity index (χ3n) is 4.37. The number of anilines is 1. The van der Waals surface area contributed by atoms with Crippen molar-refractivity contribution in [1.82, 2.24) is 4.90 Å². The number of aryl methyl sites for hydroxylation is 1. The van der Waals surface area contributed by atoms with Crippen LogP contribution in [0.2, 0.25) is 0 Å². The normalized spacial score (nSPS) is 17.2. The number of carbonyl (C=O) groups is 2. The molecule has 1 saturated heterocycles. The highest BCUT2D eigenvalue weighted by Gasteiger charge is 2.25. The van der Waals surface area contributed by atoms with Crippen LogP contribution in [0.3, 0.4) is 0 Å². The molecule has 1 aromatic carbocycles. The van der Waals surface area contributed by atoms with E-state index in [1.54, 1.807) is 24.0 Å². The molecule has 1 atom stereocenters. The van der Waals surface area contributed by atoms with Gasteiger partial charge in [0.15, 0.2) is 5.78 Å². The maximum atomic E-state index is 12.3. The van der Waals surface area contributed by atoms with Gasteiger partial charge in [-0.3, -0.25) is 4.79 Å². The van der Waals surface area contributed by atoms with Crippen LogP contribution in [0.5, 0.6) is 0 Å². The second-order valence-corrected chi connectivity index (χ2v) is 6.08. The smallest absolute Gasteiger partial charge is 0.321 e. The molecule has 1 aliphatic rings. The Morgan fingerprint density at radius 1 is 1.32 bits per heavy atom. The number of aliphatic hydroxyl groups is 1. The van der Waals surface area contributed by atoms with Crippen molar-refractivity contribution in [3.8, 4) is 0 Å². The number of hydrogen-bond acceptors (Lipinski definition) is 3. The number of hydrogen-bond donors (Lipinski definition) is 2. The lowest BCUT2D eigenvalue weighted by molar-refractivity contribution is 0.0820. The molecule has 1 fully saturated rings. The number of benzene rings is 1. The van der Waals surface area contributed by atoms with E-state index in [2.05, 4.69) is 5.32 Å². The zero-order chi connectivity index (χ0) is 16.3. The van der Waals surface area contributed by atoms with E-state index in [4.69, 9.17) is 0 Å². The van der Waals surface area contributed by atoms with Gasteiger partial charge in [0, 0.05) is 24.3 Å². The van der Waals surface area contributed by atoms with Crippen molar-refractivity contribution in [2.75, 3.05) is 18.4 Å². The number of nitrogens with one attached hydrogen (secondary N) is 1. The van der Waals surface area contributed by atoms with Crippen LogP contribution in [-0.2, 0) is 0 Å². The highest BCUT2D eigenvalue weighted by Crippen LogP contribution is 2.22. The lowest BCUT2D eigenvalue weighted by atomic mass is 9.92. The molecular formula is C17H24N2O3. The zero-order valence-electron chi connectivity index (χ0n) is 13.4. The second-order valence-electron chi connectivity index (χ2n) is 6.08. The molecule has 5 nitrogen and oxygen atoms in total. The molecule has 0 bridgehead atoms. The van der Waals surface area contributed by atoms with E-state index in [-0.39, 0.29) is 23.8 Å². The summed E-state index contributed by atoms with van der Waals surface area (Å²) < 4.78 is 0. The number of ketones is 1. The number of aliphatic hydroxyl groups excluding tert-OH is 1. The van der Waals surface area contributed by atoms with Crippen molar-refractivity contribution in [1.29, 1.82) is 0 Å². The summed E-state index contributed by atoms with van der Waals surface area (Å²) in [7, 11) is 0. The summed E-state index contributed by atoms with van der Waals surface area (Å²) in [5, 5.41) is 12.5. The molecule has 1 aliphatic heterocycles. The molecule has 2 amide bonds. The largest absolute Gasteiger partial charge is 0.393 e. The average molecular weight is 304 g/mol. The number of rotatable bonds is 3. The monoisotopic (exact) mass is 304 g/mol. The third kappa shape index (κ3) is 3.85. The second kappa shape index (κ2) is 6.92. The van der Waals surface area contributed by atoms with Crippen LogP contribution < -0.4 is 5.32 Å². The molecule has 2 N–H and O–H groups in total. The maximum absolute atomic E-state index is 12.3. The first-order valence-corrected chi connectivity index (χ1v) is 7.74. The number of likely N-dealkylation sites (tertiary alicyclic amines) is 1. The molecule has 22 heavy (non-hydrogen) atoms. The topological polar surface area (TPSA) is 69.6 Å². The van der Waals surface area contributed by atoms with Crippen molar-refractivity contribution in [2.45, 2.75) is 39.7 Å². The van der Waals surface area contributed by atoms with Crippen molar-refractivity contribution in [3.63, 3.8) is 0 Å². The fraction of sp³-hybridized carbons (Fsp3) is 0.529. The average Bonchev–Trinajstić information content (AvgIpc) is 2.47. The summed E-state index contributed by atoms with van der Waals surface area (Å²) in [6.07, 6.45) is 1.34. The molecule has 1 unspecified atom stereocenters. The summed E-state index contributed by atoms with van der Waals surface area (Å²) in [5.74, 6) is 0.303. The van der Waals surface area contributed by atoms with Crippen LogP contribution in [-0.4, -0.2) is 41.0 Å². The first-order valence-electron chi connectivity index (χ1n) is 7.74. The van der Waals surface area contributed by atoms with Crippen molar-refractivity contribution in [2.24, 2.45) is 5.92 Å². The maximum Gasteiger partial charge on any atom is 0.321 e. The van der Waals surface area contributed by atoms with E-state index in [0.29, 0.717) is 24.3 Å². The zero-order valence-corrected chi connectivity index (χ0v) is 13.4. The number of nitrogens with zero attached hydrogens (tertiary/aromatic N) is 1. The summed E-state index contributed by atoms with van der Waals surface area (Å²) >= 11 is 0. The molecule has 1 aromatic rings. The Morgan fingerprint density at radius 2 is 1.95 bits per heavy atom. The van der Waals surface area contributed by atoms with E-state index < -0.39 is 0 Å². The molecule has 120 valence electrons. The van der Waals surface area contributed by atoms with Gasteiger partial charge in [-0.15, -0.1) is 0 Å². The van der Waals surface area contributed by atoms with E-state index in [9.17, 15) is 14.7 Å². The van der Waals surface area contributed by atoms with Crippen LogP contribution in [0.4, 0.5) is 10.5 Å². The first kappa shape index (κ1) is 16.5. The fourth-order valence-electron chi connectivity index (χ4n) is 2.92. The lowest BCUT2D eigenvalue weighted by Gasteiger charge is -2.33. The van der Waals surface area contributed by atoms with E-state index in [1.807, 2.05) is 13.0 Å². The Hall–Kier alpha value is -1.88. The summed E-state index contributed by atoms with van der Waals surface area (Å²) in [4.78, 5) is 25.4. The summed E-state index contributed by atoms with van der Waals surface area (Å²) in [6, 6.07) is 5.19. The number of Topliss-reactive ketones (excluding diaryl/α,β-unsaturated/α-hetero) is 1. The SMILES string of the molecule is CC(=O)c1ccc(NC(=O)N2CCC(C(C)O)CC2)cc1C. The van der Waals surface area contributed by atoms with Crippen LogP contribution in [0, 0.1) is 12.8 Å². The van der Waals surface area contributed by atoms with Crippen LogP contribution in [0.1, 0.15) is 42.6 Å². The minimum absolute atomic E-state index is 0.0237. The predicted molar refractivity (Wildman–Crippen MR) is 86.2 cm³/mol. The quantitative estimate of drug-likeness (QED) is 0.844. The molecule has 1 heterocycles. The van der Waals surface area contributed by atoms with E-state index in [0.717, 1.165) is 18.4 Å². The number of carbonyl (C=O) groups excluding carboxylic acids is 2. The molecule has 0 radical (unpaired) electrons. The summed E-state index contributed by atoms with van der Waals surface area (Å²) in [6.45, 7) is 6.52. The minimum Gasteiger partial charge on any atom is -0.393 e. The molecule has 0 aliphatic carbocycles. The standard InChI is InChI=1S/C17H24N2O3/c1-11-10-15(4-5-16(11)13(3)21)18-17(22)19-8-6-14(7-9-19)12(2)20/h4-5,10,12,14,20H,6-9H2,1-3H3,(H,18,22). The lowest BCUT2D eigenvalue weighted by Crippen LogP contribution is -2.42. The number of amides is 2. The highest BCUT2D eigenvalue weighted by atomic mass is 16.3. The van der Waals surface area contributed by atoms with Crippen LogP contribution in [0.15, 0.2) is 18.2 Å². The van der Waals surface area contributed by atoms with Gasteiger partial charge in [-0.2, -0.15) is 0 Å². The number of piperidine rings is 1. The van der Waals surface area contributed by atoms with Gasteiger partial charge in [0.05, 0.1) is 6.10 Å². The number of urea groups is 1. The van der Waals surface area contributed by atoms with Gasteiger partial charge < -0.3 is 15.3 Å². The van der Waals surface area contributed by atoms with Gasteiger partial charge in [-0.05, 0) is 63.3 Å². The minimum atomic E-state index is -0.313. The molecular weight excluding hydrogens is 280 g/mol.